The average Bonchev–Trinajstić information content (AvgIpc) is 2.76. The van der Waals surface area contributed by atoms with E-state index in [2.05, 4.69) is 33.2 Å². The van der Waals surface area contributed by atoms with Gasteiger partial charge in [-0.3, -0.25) is 4.79 Å². The maximum Gasteiger partial charge on any atom is 0.408 e. The van der Waals surface area contributed by atoms with Crippen molar-refractivity contribution in [3.8, 4) is 0 Å². The number of rotatable bonds is 9. The van der Waals surface area contributed by atoms with E-state index < -0.39 is 30.1 Å². The first kappa shape index (κ1) is 24.6. The van der Waals surface area contributed by atoms with Crippen LogP contribution in [0.25, 0.3) is 0 Å². The van der Waals surface area contributed by atoms with E-state index in [0.717, 1.165) is 14.7 Å². The van der Waals surface area contributed by atoms with E-state index in [1.165, 1.54) is 7.11 Å². The zero-order valence-electron chi connectivity index (χ0n) is 17.8. The first-order valence-electron chi connectivity index (χ1n) is 9.90. The second-order valence-electron chi connectivity index (χ2n) is 7.34. The van der Waals surface area contributed by atoms with Gasteiger partial charge >= 0.3 is 12.1 Å². The number of carbonyl (C=O) groups is 3. The van der Waals surface area contributed by atoms with Crippen molar-refractivity contribution in [2.75, 3.05) is 7.11 Å². The van der Waals surface area contributed by atoms with Crippen molar-refractivity contribution in [2.24, 2.45) is 5.92 Å². The lowest BCUT2D eigenvalue weighted by Gasteiger charge is -2.24. The number of hydrogen-bond acceptors (Lipinski definition) is 5. The molecular weight excluding hydrogens is 511 g/mol. The number of benzene rings is 2. The van der Waals surface area contributed by atoms with Crippen LogP contribution in [0.15, 0.2) is 54.6 Å². The Kier molecular flexibility index (Phi) is 9.77. The van der Waals surface area contributed by atoms with Crippen molar-refractivity contribution >= 4 is 40.6 Å². The summed E-state index contributed by atoms with van der Waals surface area (Å²) in [5, 5.41) is 5.30. The van der Waals surface area contributed by atoms with Gasteiger partial charge in [-0.2, -0.15) is 0 Å². The second-order valence-corrected chi connectivity index (χ2v) is 8.59. The van der Waals surface area contributed by atoms with E-state index in [1.54, 1.807) is 13.8 Å². The predicted molar refractivity (Wildman–Crippen MR) is 125 cm³/mol. The number of amides is 2. The van der Waals surface area contributed by atoms with Crippen LogP contribution in [0.5, 0.6) is 0 Å². The number of halogens is 1. The van der Waals surface area contributed by atoms with Crippen LogP contribution >= 0.6 is 22.6 Å². The highest BCUT2D eigenvalue weighted by atomic mass is 127. The summed E-state index contributed by atoms with van der Waals surface area (Å²) < 4.78 is 11.1. The van der Waals surface area contributed by atoms with Crippen LogP contribution in [-0.2, 0) is 32.1 Å². The van der Waals surface area contributed by atoms with E-state index >= 15 is 0 Å². The third-order valence-electron chi connectivity index (χ3n) is 4.59. The molecule has 8 heteroatoms. The van der Waals surface area contributed by atoms with Crippen molar-refractivity contribution in [3.05, 3.63) is 69.3 Å². The molecule has 0 spiro atoms. The number of nitrogens with one attached hydrogen (secondary N) is 2. The zero-order valence-corrected chi connectivity index (χ0v) is 19.9. The summed E-state index contributed by atoms with van der Waals surface area (Å²) >= 11 is 2.19. The second kappa shape index (κ2) is 12.3. The molecule has 0 saturated heterocycles. The lowest BCUT2D eigenvalue weighted by atomic mass is 10.0. The minimum atomic E-state index is -0.874. The van der Waals surface area contributed by atoms with E-state index in [4.69, 9.17) is 9.47 Å². The lowest BCUT2D eigenvalue weighted by molar-refractivity contribution is -0.145. The van der Waals surface area contributed by atoms with Gasteiger partial charge in [-0.25, -0.2) is 9.59 Å². The summed E-state index contributed by atoms with van der Waals surface area (Å²) in [7, 11) is 1.27. The van der Waals surface area contributed by atoms with E-state index in [9.17, 15) is 14.4 Å². The van der Waals surface area contributed by atoms with Gasteiger partial charge in [0.2, 0.25) is 5.91 Å². The van der Waals surface area contributed by atoms with Crippen molar-refractivity contribution in [3.63, 3.8) is 0 Å². The highest BCUT2D eigenvalue weighted by Gasteiger charge is 2.29. The Balaban J connectivity index is 2.00. The van der Waals surface area contributed by atoms with Crippen molar-refractivity contribution in [1.29, 1.82) is 0 Å². The first-order chi connectivity index (χ1) is 14.8. The van der Waals surface area contributed by atoms with Crippen molar-refractivity contribution in [1.82, 2.24) is 10.6 Å². The molecule has 0 aromatic heterocycles. The molecule has 0 bridgehead atoms. The fourth-order valence-corrected chi connectivity index (χ4v) is 3.24. The molecule has 0 aliphatic carbocycles. The minimum absolute atomic E-state index is 0.0939. The lowest BCUT2D eigenvalue weighted by Crippen LogP contribution is -2.54. The van der Waals surface area contributed by atoms with Gasteiger partial charge in [0.15, 0.2) is 0 Å². The molecule has 31 heavy (non-hydrogen) atoms. The Morgan fingerprint density at radius 3 is 2.16 bits per heavy atom. The molecule has 0 heterocycles. The highest BCUT2D eigenvalue weighted by Crippen LogP contribution is 2.11. The van der Waals surface area contributed by atoms with Gasteiger partial charge in [0, 0.05) is 9.99 Å². The Morgan fingerprint density at radius 1 is 0.935 bits per heavy atom. The number of ether oxygens (including phenoxy) is 2. The van der Waals surface area contributed by atoms with E-state index in [0.29, 0.717) is 0 Å². The fraction of sp³-hybridized carbons (Fsp3) is 0.348. The van der Waals surface area contributed by atoms with Crippen molar-refractivity contribution in [2.45, 2.75) is 39.0 Å². The zero-order chi connectivity index (χ0) is 22.8. The largest absolute Gasteiger partial charge is 0.467 e. The summed E-state index contributed by atoms with van der Waals surface area (Å²) in [6, 6.07) is 15.1. The van der Waals surface area contributed by atoms with Crippen LogP contribution in [0, 0.1) is 9.49 Å². The van der Waals surface area contributed by atoms with Gasteiger partial charge < -0.3 is 20.1 Å². The SMILES string of the molecule is COC(=O)[C@H](Cc1ccc(I)cc1)NC(=O)[C@@H](NC(=O)OCc1ccccc1)C(C)C. The van der Waals surface area contributed by atoms with Crippen LogP contribution in [0.2, 0.25) is 0 Å². The van der Waals surface area contributed by atoms with Gasteiger partial charge in [0.1, 0.15) is 18.7 Å². The van der Waals surface area contributed by atoms with E-state index in [1.807, 2.05) is 54.6 Å². The molecule has 2 aromatic carbocycles. The van der Waals surface area contributed by atoms with Gasteiger partial charge in [0.25, 0.3) is 0 Å². The summed E-state index contributed by atoms with van der Waals surface area (Å²) in [5.74, 6) is -1.26. The smallest absolute Gasteiger partial charge is 0.408 e. The van der Waals surface area contributed by atoms with Crippen LogP contribution < -0.4 is 10.6 Å². The van der Waals surface area contributed by atoms with Crippen LogP contribution in [0.3, 0.4) is 0 Å². The third-order valence-corrected chi connectivity index (χ3v) is 5.31. The van der Waals surface area contributed by atoms with Crippen LogP contribution in [-0.4, -0.2) is 37.2 Å². The maximum absolute atomic E-state index is 12.9. The Hall–Kier alpha value is -2.62. The van der Waals surface area contributed by atoms with Gasteiger partial charge in [-0.05, 0) is 51.8 Å². The third kappa shape index (κ3) is 8.20. The van der Waals surface area contributed by atoms with Crippen LogP contribution in [0.1, 0.15) is 25.0 Å². The summed E-state index contributed by atoms with van der Waals surface area (Å²) in [5.41, 5.74) is 1.72. The van der Waals surface area contributed by atoms with E-state index in [-0.39, 0.29) is 18.9 Å². The number of methoxy groups -OCH3 is 1. The Labute approximate surface area is 196 Å². The minimum Gasteiger partial charge on any atom is -0.467 e. The standard InChI is InChI=1S/C23H27IN2O5/c1-15(2)20(26-23(29)31-14-17-7-5-4-6-8-17)21(27)25-19(22(28)30-3)13-16-9-11-18(24)12-10-16/h4-12,15,19-20H,13-14H2,1-3H3,(H,25,27)(H,26,29)/t19-,20-/m0/s1. The maximum atomic E-state index is 12.9. The Morgan fingerprint density at radius 2 is 1.58 bits per heavy atom. The van der Waals surface area contributed by atoms with Crippen molar-refractivity contribution < 1.29 is 23.9 Å². The number of alkyl carbamates (subject to hydrolysis) is 1. The molecule has 0 radical (unpaired) electrons. The first-order valence-corrected chi connectivity index (χ1v) is 11.0. The number of carbonyl (C=O) groups excluding carboxylic acids is 3. The molecular formula is C23H27IN2O5. The molecule has 2 amide bonds. The summed E-state index contributed by atoms with van der Waals surface area (Å²) in [4.78, 5) is 37.4. The molecule has 0 unspecified atom stereocenters. The Bertz CT molecular complexity index is 871. The quantitative estimate of drug-likeness (QED) is 0.377. The molecule has 0 aliphatic heterocycles. The summed E-state index contributed by atoms with van der Waals surface area (Å²) in [6.07, 6.45) is -0.427. The van der Waals surface area contributed by atoms with Crippen LogP contribution in [0.4, 0.5) is 4.79 Å². The average molecular weight is 538 g/mol. The van der Waals surface area contributed by atoms with Gasteiger partial charge in [0.05, 0.1) is 7.11 Å². The highest BCUT2D eigenvalue weighted by molar-refractivity contribution is 14.1. The summed E-state index contributed by atoms with van der Waals surface area (Å²) in [6.45, 7) is 3.69. The predicted octanol–water partition coefficient (Wildman–Crippen LogP) is 3.44. The topological polar surface area (TPSA) is 93.7 Å². The van der Waals surface area contributed by atoms with Gasteiger partial charge in [-0.1, -0.05) is 56.3 Å². The molecule has 2 N–H and O–H groups in total. The molecule has 2 rings (SSSR count). The monoisotopic (exact) mass is 538 g/mol. The fourth-order valence-electron chi connectivity index (χ4n) is 2.88. The molecule has 0 saturated carbocycles. The normalized spacial score (nSPS) is 12.5. The molecule has 2 atom stereocenters. The molecule has 0 aliphatic rings. The number of hydrogen-bond donors (Lipinski definition) is 2. The molecule has 166 valence electrons. The number of esters is 1. The molecule has 7 nitrogen and oxygen atoms in total. The molecule has 0 fully saturated rings. The van der Waals surface area contributed by atoms with Gasteiger partial charge in [-0.15, -0.1) is 0 Å². The molecule has 2 aromatic rings.